The third-order valence-corrected chi connectivity index (χ3v) is 6.05. The number of aliphatic imine (C=N–C) groups is 1. The number of urea groups is 1. The minimum Gasteiger partial charge on any atom is -0.484 e. The maximum atomic E-state index is 12.8. The number of rotatable bonds is 10. The van der Waals surface area contributed by atoms with Crippen LogP contribution >= 0.6 is 11.6 Å². The van der Waals surface area contributed by atoms with Crippen molar-refractivity contribution in [2.45, 2.75) is 19.4 Å². The fourth-order valence-electron chi connectivity index (χ4n) is 3.94. The number of carbonyl (C=O) groups is 3. The Morgan fingerprint density at radius 3 is 2.58 bits per heavy atom. The molecule has 2 atom stereocenters. The van der Waals surface area contributed by atoms with E-state index in [4.69, 9.17) is 16.3 Å². The van der Waals surface area contributed by atoms with E-state index in [1.54, 1.807) is 37.4 Å². The van der Waals surface area contributed by atoms with Crippen LogP contribution in [0.5, 0.6) is 5.75 Å². The molecule has 1 aliphatic rings. The summed E-state index contributed by atoms with van der Waals surface area (Å²) >= 11 is 5.83. The second-order valence-electron chi connectivity index (χ2n) is 8.25. The van der Waals surface area contributed by atoms with E-state index in [1.807, 2.05) is 0 Å². The summed E-state index contributed by atoms with van der Waals surface area (Å²) in [5.74, 6) is -2.16. The zero-order chi connectivity index (χ0) is 26.4. The molecule has 2 aromatic rings. The van der Waals surface area contributed by atoms with Gasteiger partial charge in [-0.25, -0.2) is 9.79 Å². The number of aliphatic carboxylic acids is 1. The normalized spacial score (nSPS) is 17.4. The van der Waals surface area contributed by atoms with E-state index in [1.165, 1.54) is 34.9 Å². The summed E-state index contributed by atoms with van der Waals surface area (Å²) in [4.78, 5) is 54.6. The second-order valence-corrected chi connectivity index (χ2v) is 8.69. The predicted octanol–water partition coefficient (Wildman–Crippen LogP) is 3.81. The molecule has 12 heteroatoms. The van der Waals surface area contributed by atoms with Crippen molar-refractivity contribution < 1.29 is 29.2 Å². The number of nitro benzene ring substituents is 1. The summed E-state index contributed by atoms with van der Waals surface area (Å²) in [6.07, 6.45) is 0.321. The highest BCUT2D eigenvalue weighted by atomic mass is 35.5. The average Bonchev–Trinajstić information content (AvgIpc) is 2.84. The number of nitro groups is 1. The zero-order valence-electron chi connectivity index (χ0n) is 19.7. The van der Waals surface area contributed by atoms with Crippen LogP contribution in [0.15, 0.2) is 53.5 Å². The Hall–Kier alpha value is -3.99. The zero-order valence-corrected chi connectivity index (χ0v) is 20.4. The standard InChI is InChI=1S/C24H25ClN4O7/c1-15-21(23(31)32)22(16-5-3-6-18(13-16)29(34)35)28(24(33)26-15)12-4-11-27(2)20(30)14-36-19-9-7-17(25)8-10-19/h3,5-10,13,21-22H,4,11-12,14H2,1-2H3,(H,31,32). The van der Waals surface area contributed by atoms with Gasteiger partial charge in [-0.3, -0.25) is 19.7 Å². The third-order valence-electron chi connectivity index (χ3n) is 5.80. The van der Waals surface area contributed by atoms with Crippen molar-refractivity contribution in [3.8, 4) is 5.75 Å². The van der Waals surface area contributed by atoms with Gasteiger partial charge in [0.25, 0.3) is 11.6 Å². The van der Waals surface area contributed by atoms with Crippen molar-refractivity contribution in [1.82, 2.24) is 9.80 Å². The molecule has 1 heterocycles. The molecule has 0 radical (unpaired) electrons. The molecule has 0 fully saturated rings. The van der Waals surface area contributed by atoms with Gasteiger partial charge in [0.15, 0.2) is 6.61 Å². The fourth-order valence-corrected chi connectivity index (χ4v) is 4.07. The number of nitrogens with zero attached hydrogens (tertiary/aromatic N) is 4. The molecule has 2 unspecified atom stereocenters. The first kappa shape index (κ1) is 26.6. The lowest BCUT2D eigenvalue weighted by Crippen LogP contribution is -2.47. The van der Waals surface area contributed by atoms with E-state index >= 15 is 0 Å². The number of halogens is 1. The number of ether oxygens (including phenoxy) is 1. The molecule has 0 spiro atoms. The van der Waals surface area contributed by atoms with Crippen molar-refractivity contribution in [1.29, 1.82) is 0 Å². The SMILES string of the molecule is CC1=NC(=O)N(CCCN(C)C(=O)COc2ccc(Cl)cc2)C(c2cccc([N+](=O)[O-])c2)C1C(=O)O. The molecule has 1 aliphatic heterocycles. The summed E-state index contributed by atoms with van der Waals surface area (Å²) < 4.78 is 5.46. The topological polar surface area (TPSA) is 143 Å². The Morgan fingerprint density at radius 1 is 1.25 bits per heavy atom. The molecule has 11 nitrogen and oxygen atoms in total. The minimum absolute atomic E-state index is 0.0857. The van der Waals surface area contributed by atoms with Gasteiger partial charge in [-0.1, -0.05) is 23.7 Å². The van der Waals surface area contributed by atoms with E-state index in [9.17, 15) is 29.6 Å². The average molecular weight is 517 g/mol. The molecule has 0 bridgehead atoms. The van der Waals surface area contributed by atoms with Gasteiger partial charge in [-0.05, 0) is 43.2 Å². The summed E-state index contributed by atoms with van der Waals surface area (Å²) in [6.45, 7) is 1.60. The highest BCUT2D eigenvalue weighted by Crippen LogP contribution is 2.35. The van der Waals surface area contributed by atoms with Crippen LogP contribution in [-0.4, -0.2) is 70.2 Å². The van der Waals surface area contributed by atoms with E-state index in [2.05, 4.69) is 4.99 Å². The molecule has 190 valence electrons. The van der Waals surface area contributed by atoms with Gasteiger partial charge in [0.05, 0.1) is 11.0 Å². The van der Waals surface area contributed by atoms with E-state index in [-0.39, 0.29) is 37.0 Å². The van der Waals surface area contributed by atoms with Gasteiger partial charge in [0.2, 0.25) is 0 Å². The fraction of sp³-hybridized carbons (Fsp3) is 0.333. The van der Waals surface area contributed by atoms with Crippen molar-refractivity contribution in [2.24, 2.45) is 10.9 Å². The van der Waals surface area contributed by atoms with Gasteiger partial charge >= 0.3 is 12.0 Å². The van der Waals surface area contributed by atoms with Gasteiger partial charge in [0, 0.05) is 43.0 Å². The first-order chi connectivity index (χ1) is 17.1. The summed E-state index contributed by atoms with van der Waals surface area (Å²) in [7, 11) is 1.59. The quantitative estimate of drug-likeness (QED) is 0.373. The molecule has 0 aromatic heterocycles. The molecule has 3 amide bonds. The molecular formula is C24H25ClN4O7. The number of carbonyl (C=O) groups excluding carboxylic acids is 2. The maximum absolute atomic E-state index is 12.8. The number of benzene rings is 2. The maximum Gasteiger partial charge on any atom is 0.344 e. The number of likely N-dealkylation sites (N-methyl/N-ethyl adjacent to an activating group) is 1. The van der Waals surface area contributed by atoms with E-state index in [0.29, 0.717) is 22.8 Å². The summed E-state index contributed by atoms with van der Waals surface area (Å²) in [5, 5.41) is 21.7. The lowest BCUT2D eigenvalue weighted by molar-refractivity contribution is -0.385. The van der Waals surface area contributed by atoms with Gasteiger partial charge in [0.1, 0.15) is 11.7 Å². The van der Waals surface area contributed by atoms with E-state index < -0.39 is 28.9 Å². The Labute approximate surface area is 212 Å². The molecule has 3 rings (SSSR count). The highest BCUT2D eigenvalue weighted by Gasteiger charge is 2.42. The number of carboxylic acids is 1. The summed E-state index contributed by atoms with van der Waals surface area (Å²) in [5.41, 5.74) is 0.224. The molecule has 1 N–H and O–H groups in total. The van der Waals surface area contributed by atoms with Crippen molar-refractivity contribution in [3.05, 3.63) is 69.2 Å². The summed E-state index contributed by atoms with van der Waals surface area (Å²) in [6, 6.07) is 10.5. The molecule has 0 saturated carbocycles. The molecular weight excluding hydrogens is 492 g/mol. The molecule has 2 aromatic carbocycles. The van der Waals surface area contributed by atoms with Gasteiger partial charge < -0.3 is 19.6 Å². The van der Waals surface area contributed by atoms with Crippen LogP contribution < -0.4 is 4.74 Å². The Bertz CT molecular complexity index is 1190. The number of non-ortho nitro benzene ring substituents is 1. The largest absolute Gasteiger partial charge is 0.484 e. The Morgan fingerprint density at radius 2 is 1.94 bits per heavy atom. The number of carboxylic acid groups (broad SMARTS) is 1. The minimum atomic E-state index is -1.20. The van der Waals surface area contributed by atoms with Crippen LogP contribution in [0.25, 0.3) is 0 Å². The molecule has 36 heavy (non-hydrogen) atoms. The molecule has 0 aliphatic carbocycles. The van der Waals surface area contributed by atoms with Crippen molar-refractivity contribution in [3.63, 3.8) is 0 Å². The predicted molar refractivity (Wildman–Crippen MR) is 131 cm³/mol. The number of amides is 3. The lowest BCUT2D eigenvalue weighted by Gasteiger charge is -2.38. The van der Waals surface area contributed by atoms with Crippen LogP contribution in [0.2, 0.25) is 5.02 Å². The first-order valence-corrected chi connectivity index (χ1v) is 11.4. The highest BCUT2D eigenvalue weighted by molar-refractivity contribution is 6.30. The molecule has 0 saturated heterocycles. The third kappa shape index (κ3) is 6.36. The monoisotopic (exact) mass is 516 g/mol. The first-order valence-electron chi connectivity index (χ1n) is 11.0. The second kappa shape index (κ2) is 11.6. The Balaban J connectivity index is 1.69. The van der Waals surface area contributed by atoms with E-state index in [0.717, 1.165) is 0 Å². The van der Waals surface area contributed by atoms with Crippen LogP contribution in [-0.2, 0) is 9.59 Å². The van der Waals surface area contributed by atoms with Gasteiger partial charge in [-0.2, -0.15) is 0 Å². The Kier molecular flexibility index (Phi) is 8.59. The van der Waals surface area contributed by atoms with Crippen molar-refractivity contribution >= 4 is 40.9 Å². The van der Waals surface area contributed by atoms with Crippen LogP contribution in [0.3, 0.4) is 0 Å². The smallest absolute Gasteiger partial charge is 0.344 e. The lowest BCUT2D eigenvalue weighted by atomic mass is 9.86. The number of hydrogen-bond donors (Lipinski definition) is 1. The van der Waals surface area contributed by atoms with Gasteiger partial charge in [-0.15, -0.1) is 0 Å². The number of hydrogen-bond acceptors (Lipinski definition) is 6. The van der Waals surface area contributed by atoms with Crippen LogP contribution in [0.1, 0.15) is 24.9 Å². The van der Waals surface area contributed by atoms with Crippen molar-refractivity contribution in [2.75, 3.05) is 26.7 Å². The van der Waals surface area contributed by atoms with Crippen LogP contribution in [0.4, 0.5) is 10.5 Å². The van der Waals surface area contributed by atoms with Crippen LogP contribution in [0, 0.1) is 16.0 Å².